The Labute approximate surface area is 206 Å². The minimum atomic E-state index is -4.24. The molecular formula is C25H22F2N2O6S. The van der Waals surface area contributed by atoms with Crippen LogP contribution in [0, 0.1) is 0 Å². The number of hydrogen-bond donors (Lipinski definition) is 1. The molecule has 2 aromatic carbocycles. The fraction of sp³-hybridized carbons (Fsp3) is 0.200. The first-order valence-electron chi connectivity index (χ1n) is 10.9. The number of aromatic nitrogens is 1. The number of nitrogens with zero attached hydrogens (tertiary/aromatic N) is 2. The van der Waals surface area contributed by atoms with E-state index >= 15 is 0 Å². The molecule has 4 rings (SSSR count). The number of anilines is 1. The van der Waals surface area contributed by atoms with Crippen molar-refractivity contribution in [2.75, 3.05) is 10.8 Å². The molecule has 11 heteroatoms. The Hall–Kier alpha value is -3.99. The number of fused-ring (bicyclic) bond motifs is 1. The van der Waals surface area contributed by atoms with Crippen LogP contribution < -0.4 is 13.8 Å². The van der Waals surface area contributed by atoms with Crippen LogP contribution in [0.2, 0.25) is 0 Å². The largest absolute Gasteiger partial charge is 0.486 e. The minimum absolute atomic E-state index is 0.0800. The van der Waals surface area contributed by atoms with E-state index in [1.165, 1.54) is 18.2 Å². The highest BCUT2D eigenvalue weighted by atomic mass is 32.2. The number of rotatable bonds is 9. The summed E-state index contributed by atoms with van der Waals surface area (Å²) in [7, 11) is -4.24. The van der Waals surface area contributed by atoms with Crippen LogP contribution in [0.15, 0.2) is 71.8 Å². The van der Waals surface area contributed by atoms with Crippen molar-refractivity contribution in [2.24, 2.45) is 0 Å². The maximum Gasteiger partial charge on any atom is 0.387 e. The molecule has 0 bridgehead atoms. The second kappa shape index (κ2) is 10.7. The zero-order chi connectivity index (χ0) is 25.7. The third kappa shape index (κ3) is 5.98. The standard InChI is InChI=1S/C25H22F2N2O6S/c26-25(27)35-19-5-3-6-21(15-19)36(32,33)29-16-20(10-12-24(30)31)34-23-11-8-17(14-22(23)29)7-9-18-4-1-2-13-28-18/h1-9,11,13-15,20,25H,10,12,16H2,(H,30,31)/b9-7+/t20-/m0/s1. The van der Waals surface area contributed by atoms with Crippen molar-refractivity contribution in [3.8, 4) is 11.5 Å². The highest BCUT2D eigenvalue weighted by molar-refractivity contribution is 7.92. The summed E-state index contributed by atoms with van der Waals surface area (Å²) < 4.78 is 64.0. The lowest BCUT2D eigenvalue weighted by Gasteiger charge is -2.35. The molecule has 0 saturated heterocycles. The summed E-state index contributed by atoms with van der Waals surface area (Å²) in [5, 5.41) is 9.06. The van der Waals surface area contributed by atoms with E-state index in [4.69, 9.17) is 9.84 Å². The van der Waals surface area contributed by atoms with E-state index in [1.54, 1.807) is 42.6 Å². The molecule has 1 N–H and O–H groups in total. The first-order chi connectivity index (χ1) is 17.2. The van der Waals surface area contributed by atoms with Gasteiger partial charge in [0.05, 0.1) is 22.8 Å². The van der Waals surface area contributed by atoms with E-state index in [1.807, 2.05) is 12.1 Å². The predicted molar refractivity (Wildman–Crippen MR) is 128 cm³/mol. The maximum atomic E-state index is 13.6. The first kappa shape index (κ1) is 25.1. The van der Waals surface area contributed by atoms with Gasteiger partial charge >= 0.3 is 12.6 Å². The van der Waals surface area contributed by atoms with E-state index in [9.17, 15) is 22.0 Å². The third-order valence-electron chi connectivity index (χ3n) is 5.35. The fourth-order valence-corrected chi connectivity index (χ4v) is 5.22. The summed E-state index contributed by atoms with van der Waals surface area (Å²) >= 11 is 0. The Kier molecular flexibility index (Phi) is 7.49. The van der Waals surface area contributed by atoms with Crippen molar-refractivity contribution in [2.45, 2.75) is 30.5 Å². The van der Waals surface area contributed by atoms with Crippen LogP contribution in [-0.4, -0.2) is 43.7 Å². The van der Waals surface area contributed by atoms with Gasteiger partial charge in [-0.3, -0.25) is 14.1 Å². The normalized spacial score (nSPS) is 15.5. The highest BCUT2D eigenvalue weighted by Gasteiger charge is 2.35. The van der Waals surface area contributed by atoms with Gasteiger partial charge in [0.2, 0.25) is 0 Å². The summed E-state index contributed by atoms with van der Waals surface area (Å²) in [6, 6.07) is 15.2. The van der Waals surface area contributed by atoms with Crippen molar-refractivity contribution >= 4 is 33.8 Å². The van der Waals surface area contributed by atoms with E-state index in [-0.39, 0.29) is 41.5 Å². The minimum Gasteiger partial charge on any atom is -0.486 e. The maximum absolute atomic E-state index is 13.6. The van der Waals surface area contributed by atoms with E-state index in [0.717, 1.165) is 10.4 Å². The molecule has 3 aromatic rings. The lowest BCUT2D eigenvalue weighted by molar-refractivity contribution is -0.137. The molecular weight excluding hydrogens is 494 g/mol. The Morgan fingerprint density at radius 1 is 1.17 bits per heavy atom. The quantitative estimate of drug-likeness (QED) is 0.440. The molecule has 1 atom stereocenters. The van der Waals surface area contributed by atoms with Crippen molar-refractivity contribution in [3.05, 3.63) is 78.1 Å². The Morgan fingerprint density at radius 3 is 2.72 bits per heavy atom. The van der Waals surface area contributed by atoms with Crippen LogP contribution in [0.1, 0.15) is 24.1 Å². The molecule has 0 amide bonds. The number of ether oxygens (including phenoxy) is 2. The van der Waals surface area contributed by atoms with Gasteiger partial charge in [0, 0.05) is 18.7 Å². The second-order valence-corrected chi connectivity index (χ2v) is 9.74. The number of hydrogen-bond acceptors (Lipinski definition) is 6. The highest BCUT2D eigenvalue weighted by Crippen LogP contribution is 2.39. The van der Waals surface area contributed by atoms with Gasteiger partial charge in [0.15, 0.2) is 0 Å². The number of carbonyl (C=O) groups is 1. The zero-order valence-electron chi connectivity index (χ0n) is 18.8. The molecule has 0 spiro atoms. The van der Waals surface area contributed by atoms with Crippen molar-refractivity contribution in [1.29, 1.82) is 0 Å². The van der Waals surface area contributed by atoms with Gasteiger partial charge in [-0.15, -0.1) is 0 Å². The van der Waals surface area contributed by atoms with Gasteiger partial charge in [-0.2, -0.15) is 8.78 Å². The third-order valence-corrected chi connectivity index (χ3v) is 7.12. The number of carboxylic acid groups (broad SMARTS) is 1. The molecule has 0 radical (unpaired) electrons. The fourth-order valence-electron chi connectivity index (χ4n) is 3.69. The molecule has 0 fully saturated rings. The summed E-state index contributed by atoms with van der Waals surface area (Å²) in [6.07, 6.45) is 4.33. The molecule has 188 valence electrons. The van der Waals surface area contributed by atoms with Crippen LogP contribution in [0.5, 0.6) is 11.5 Å². The average molecular weight is 517 g/mol. The number of carboxylic acids is 1. The van der Waals surface area contributed by atoms with Crippen molar-refractivity contribution < 1.29 is 36.6 Å². The Morgan fingerprint density at radius 2 is 2.00 bits per heavy atom. The molecule has 1 aliphatic rings. The van der Waals surface area contributed by atoms with E-state index in [0.29, 0.717) is 11.3 Å². The van der Waals surface area contributed by atoms with Gasteiger partial charge in [0.1, 0.15) is 17.6 Å². The lowest BCUT2D eigenvalue weighted by Crippen LogP contribution is -2.43. The number of aliphatic carboxylic acids is 1. The van der Waals surface area contributed by atoms with Crippen molar-refractivity contribution in [1.82, 2.24) is 4.98 Å². The molecule has 0 saturated carbocycles. The molecule has 1 aliphatic heterocycles. The van der Waals surface area contributed by atoms with Crippen molar-refractivity contribution in [3.63, 3.8) is 0 Å². The van der Waals surface area contributed by atoms with Gasteiger partial charge in [-0.05, 0) is 54.5 Å². The van der Waals surface area contributed by atoms with Crippen LogP contribution in [-0.2, 0) is 14.8 Å². The average Bonchev–Trinajstić information content (AvgIpc) is 2.86. The molecule has 2 heterocycles. The first-order valence-corrected chi connectivity index (χ1v) is 12.4. The summed E-state index contributed by atoms with van der Waals surface area (Å²) in [6.45, 7) is -3.27. The van der Waals surface area contributed by atoms with Gasteiger partial charge in [-0.25, -0.2) is 8.42 Å². The molecule has 1 aromatic heterocycles. The van der Waals surface area contributed by atoms with Crippen LogP contribution in [0.3, 0.4) is 0 Å². The smallest absolute Gasteiger partial charge is 0.387 e. The molecule has 0 aliphatic carbocycles. The van der Waals surface area contributed by atoms with Gasteiger partial charge < -0.3 is 14.6 Å². The second-order valence-electron chi connectivity index (χ2n) is 7.88. The van der Waals surface area contributed by atoms with Crippen LogP contribution >= 0.6 is 0 Å². The topological polar surface area (TPSA) is 106 Å². The van der Waals surface area contributed by atoms with E-state index in [2.05, 4.69) is 9.72 Å². The van der Waals surface area contributed by atoms with Crippen LogP contribution in [0.4, 0.5) is 14.5 Å². The Balaban J connectivity index is 1.72. The molecule has 8 nitrogen and oxygen atoms in total. The van der Waals surface area contributed by atoms with Gasteiger partial charge in [-0.1, -0.05) is 24.3 Å². The predicted octanol–water partition coefficient (Wildman–Crippen LogP) is 4.67. The zero-order valence-corrected chi connectivity index (χ0v) is 19.6. The number of sulfonamides is 1. The molecule has 36 heavy (non-hydrogen) atoms. The number of halogens is 2. The number of pyridine rings is 1. The van der Waals surface area contributed by atoms with Crippen LogP contribution in [0.25, 0.3) is 12.2 Å². The summed E-state index contributed by atoms with van der Waals surface area (Å²) in [5.41, 5.74) is 1.62. The summed E-state index contributed by atoms with van der Waals surface area (Å²) in [5.74, 6) is -1.07. The molecule has 0 unspecified atom stereocenters. The summed E-state index contributed by atoms with van der Waals surface area (Å²) in [4.78, 5) is 15.0. The van der Waals surface area contributed by atoms with Gasteiger partial charge in [0.25, 0.3) is 10.0 Å². The van der Waals surface area contributed by atoms with E-state index < -0.39 is 28.7 Å². The lowest BCUT2D eigenvalue weighted by atomic mass is 10.1. The number of benzene rings is 2. The SMILES string of the molecule is O=C(O)CC[C@H]1CN(S(=O)(=O)c2cccc(OC(F)F)c2)c2cc(/C=C/c3ccccn3)ccc2O1. The Bertz CT molecular complexity index is 1370. The number of alkyl halides is 2. The monoisotopic (exact) mass is 516 g/mol.